The van der Waals surface area contributed by atoms with Crippen LogP contribution < -0.4 is 5.73 Å². The molecule has 0 spiro atoms. The lowest BCUT2D eigenvalue weighted by Crippen LogP contribution is -2.23. The summed E-state index contributed by atoms with van der Waals surface area (Å²) < 4.78 is 1.87. The van der Waals surface area contributed by atoms with E-state index in [9.17, 15) is 0 Å². The van der Waals surface area contributed by atoms with Crippen LogP contribution in [0.15, 0.2) is 24.5 Å². The van der Waals surface area contributed by atoms with Gasteiger partial charge in [0, 0.05) is 6.42 Å². The van der Waals surface area contributed by atoms with Crippen LogP contribution in [-0.2, 0) is 12.0 Å². The van der Waals surface area contributed by atoms with Gasteiger partial charge >= 0.3 is 0 Å². The average Bonchev–Trinajstić information content (AvgIpc) is 2.84. The summed E-state index contributed by atoms with van der Waals surface area (Å²) in [5.74, 6) is 0.415. The molecule has 2 heterocycles. The molecule has 0 aliphatic carbocycles. The first-order valence-electron chi connectivity index (χ1n) is 7.20. The maximum atomic E-state index is 6.30. The van der Waals surface area contributed by atoms with Gasteiger partial charge < -0.3 is 5.73 Å². The molecule has 0 radical (unpaired) electrons. The Hall–Kier alpha value is -1.85. The maximum Gasteiger partial charge on any atom is 0.164 e. The van der Waals surface area contributed by atoms with Crippen molar-refractivity contribution in [2.24, 2.45) is 0 Å². The number of nitrogens with zero attached hydrogens (tertiary/aromatic N) is 4. The molecule has 0 aliphatic heterocycles. The molecule has 0 saturated heterocycles. The summed E-state index contributed by atoms with van der Waals surface area (Å²) in [6.07, 6.45) is 1.97. The van der Waals surface area contributed by atoms with Gasteiger partial charge in [-0.25, -0.2) is 14.6 Å². The molecule has 0 aliphatic rings. The van der Waals surface area contributed by atoms with Crippen molar-refractivity contribution < 1.29 is 0 Å². The van der Waals surface area contributed by atoms with Crippen LogP contribution in [-0.4, -0.2) is 19.7 Å². The first kappa shape index (κ1) is 16.0. The molecule has 1 aromatic carbocycles. The Bertz CT molecular complexity index is 880. The van der Waals surface area contributed by atoms with Crippen molar-refractivity contribution in [3.8, 4) is 0 Å². The van der Waals surface area contributed by atoms with Gasteiger partial charge in [-0.1, -0.05) is 35.3 Å². The minimum Gasteiger partial charge on any atom is -0.383 e. The number of benzene rings is 1. The minimum absolute atomic E-state index is 0.227. The highest BCUT2D eigenvalue weighted by Gasteiger charge is 2.23. The van der Waals surface area contributed by atoms with Crippen molar-refractivity contribution in [2.75, 3.05) is 5.73 Å². The van der Waals surface area contributed by atoms with Gasteiger partial charge in [-0.3, -0.25) is 0 Å². The average molecular weight is 350 g/mol. The molecular weight excluding hydrogens is 333 g/mol. The van der Waals surface area contributed by atoms with E-state index in [1.807, 2.05) is 16.8 Å². The zero-order valence-corrected chi connectivity index (χ0v) is 14.7. The summed E-state index contributed by atoms with van der Waals surface area (Å²) in [6, 6.07) is 5.55. The van der Waals surface area contributed by atoms with Gasteiger partial charge in [-0.05, 0) is 32.4 Å². The summed E-state index contributed by atoms with van der Waals surface area (Å²) in [4.78, 5) is 8.46. The molecule has 2 aromatic heterocycles. The van der Waals surface area contributed by atoms with Gasteiger partial charge in [0.1, 0.15) is 12.1 Å². The quantitative estimate of drug-likeness (QED) is 0.757. The number of nitrogens with two attached hydrogens (primary N) is 1. The van der Waals surface area contributed by atoms with Gasteiger partial charge in [0.15, 0.2) is 5.65 Å². The van der Waals surface area contributed by atoms with Crippen LogP contribution in [0.5, 0.6) is 0 Å². The highest BCUT2D eigenvalue weighted by atomic mass is 35.5. The number of fused-ring (bicyclic) bond motifs is 1. The van der Waals surface area contributed by atoms with E-state index in [0.717, 1.165) is 22.3 Å². The zero-order chi connectivity index (χ0) is 16.8. The van der Waals surface area contributed by atoms with Crippen molar-refractivity contribution in [3.63, 3.8) is 0 Å². The molecule has 2 N–H and O–H groups in total. The first-order valence-corrected chi connectivity index (χ1v) is 7.96. The fourth-order valence-electron chi connectivity index (χ4n) is 2.50. The van der Waals surface area contributed by atoms with E-state index < -0.39 is 0 Å². The standard InChI is InChI=1S/C16H17Cl2N5/c1-16(2,3)23-15-12(14(19)20-8-21-15)11(22-23)7-9-5-4-6-10(17)13(9)18/h4-6,8H,7H2,1-3H3,(H2,19,20,21). The lowest BCUT2D eigenvalue weighted by atomic mass is 10.1. The predicted molar refractivity (Wildman–Crippen MR) is 94.0 cm³/mol. The molecule has 3 aromatic rings. The number of rotatable bonds is 2. The first-order chi connectivity index (χ1) is 10.8. The van der Waals surface area contributed by atoms with Crippen LogP contribution in [0.1, 0.15) is 32.0 Å². The third-order valence-electron chi connectivity index (χ3n) is 3.59. The van der Waals surface area contributed by atoms with Crippen molar-refractivity contribution in [3.05, 3.63) is 45.8 Å². The maximum absolute atomic E-state index is 6.30. The molecule has 0 bridgehead atoms. The summed E-state index contributed by atoms with van der Waals surface area (Å²) in [5, 5.41) is 6.53. The number of aromatic nitrogens is 4. The fourth-order valence-corrected chi connectivity index (χ4v) is 2.89. The lowest BCUT2D eigenvalue weighted by Gasteiger charge is -2.19. The number of nitrogen functional groups attached to an aromatic ring is 1. The molecule has 0 saturated carbocycles. The van der Waals surface area contributed by atoms with E-state index in [1.165, 1.54) is 6.33 Å². The largest absolute Gasteiger partial charge is 0.383 e. The second kappa shape index (κ2) is 5.65. The van der Waals surface area contributed by atoms with Crippen LogP contribution in [0.4, 0.5) is 5.82 Å². The molecule has 0 unspecified atom stereocenters. The third-order valence-corrected chi connectivity index (χ3v) is 4.45. The SMILES string of the molecule is CC(C)(C)n1nc(Cc2cccc(Cl)c2Cl)c2c(N)ncnc21. The molecule has 5 nitrogen and oxygen atoms in total. The van der Waals surface area contributed by atoms with Crippen LogP contribution in [0.25, 0.3) is 11.0 Å². The lowest BCUT2D eigenvalue weighted by molar-refractivity contribution is 0.363. The monoisotopic (exact) mass is 349 g/mol. The van der Waals surface area contributed by atoms with E-state index in [-0.39, 0.29) is 5.54 Å². The van der Waals surface area contributed by atoms with Gasteiger partial charge in [0.25, 0.3) is 0 Å². The van der Waals surface area contributed by atoms with E-state index in [2.05, 4.69) is 30.7 Å². The van der Waals surface area contributed by atoms with Crippen molar-refractivity contribution >= 4 is 40.1 Å². The highest BCUT2D eigenvalue weighted by Crippen LogP contribution is 2.31. The predicted octanol–water partition coefficient (Wildman–Crippen LogP) is 4.06. The Labute approximate surface area is 144 Å². The number of hydrogen-bond donors (Lipinski definition) is 1. The third kappa shape index (κ3) is 2.86. The molecule has 0 amide bonds. The van der Waals surface area contributed by atoms with E-state index in [4.69, 9.17) is 34.0 Å². The molecule has 23 heavy (non-hydrogen) atoms. The molecule has 120 valence electrons. The summed E-state index contributed by atoms with van der Waals surface area (Å²) in [6.45, 7) is 6.19. The van der Waals surface area contributed by atoms with Gasteiger partial charge in [0.05, 0.1) is 26.7 Å². The molecule has 7 heteroatoms. The topological polar surface area (TPSA) is 69.6 Å². The Morgan fingerprint density at radius 1 is 1.17 bits per heavy atom. The smallest absolute Gasteiger partial charge is 0.164 e. The number of halogens is 2. The van der Waals surface area contributed by atoms with Crippen molar-refractivity contribution in [1.29, 1.82) is 0 Å². The van der Waals surface area contributed by atoms with Crippen LogP contribution in [0.3, 0.4) is 0 Å². The van der Waals surface area contributed by atoms with Crippen LogP contribution in [0.2, 0.25) is 10.0 Å². The molecule has 0 fully saturated rings. The number of hydrogen-bond acceptors (Lipinski definition) is 4. The molecule has 0 atom stereocenters. The minimum atomic E-state index is -0.227. The van der Waals surface area contributed by atoms with Gasteiger partial charge in [-0.15, -0.1) is 0 Å². The summed E-state index contributed by atoms with van der Waals surface area (Å²) in [7, 11) is 0. The Morgan fingerprint density at radius 3 is 2.61 bits per heavy atom. The van der Waals surface area contributed by atoms with Crippen LogP contribution >= 0.6 is 23.2 Å². The van der Waals surface area contributed by atoms with Crippen molar-refractivity contribution in [1.82, 2.24) is 19.7 Å². The normalized spacial score (nSPS) is 12.0. The Balaban J connectivity index is 2.20. The highest BCUT2D eigenvalue weighted by molar-refractivity contribution is 6.42. The van der Waals surface area contributed by atoms with Crippen LogP contribution in [0, 0.1) is 0 Å². The van der Waals surface area contributed by atoms with E-state index >= 15 is 0 Å². The summed E-state index contributed by atoms with van der Waals surface area (Å²) >= 11 is 12.4. The van der Waals surface area contributed by atoms with Gasteiger partial charge in [-0.2, -0.15) is 5.10 Å². The number of anilines is 1. The Morgan fingerprint density at radius 2 is 1.91 bits per heavy atom. The second-order valence-electron chi connectivity index (χ2n) is 6.38. The van der Waals surface area contributed by atoms with E-state index in [1.54, 1.807) is 6.07 Å². The molecule has 3 rings (SSSR count). The van der Waals surface area contributed by atoms with E-state index in [0.29, 0.717) is 22.3 Å². The molecular formula is C16H17Cl2N5. The fraction of sp³-hybridized carbons (Fsp3) is 0.312. The second-order valence-corrected chi connectivity index (χ2v) is 7.16. The van der Waals surface area contributed by atoms with Gasteiger partial charge in [0.2, 0.25) is 0 Å². The zero-order valence-electron chi connectivity index (χ0n) is 13.1. The summed E-state index contributed by atoms with van der Waals surface area (Å²) in [5.41, 5.74) is 8.25. The van der Waals surface area contributed by atoms with Crippen molar-refractivity contribution in [2.45, 2.75) is 32.7 Å². The Kier molecular flexibility index (Phi) is 3.94.